The van der Waals surface area contributed by atoms with Gasteiger partial charge in [0.1, 0.15) is 0 Å². The van der Waals surface area contributed by atoms with Crippen molar-refractivity contribution in [2.75, 3.05) is 19.8 Å². The lowest BCUT2D eigenvalue weighted by molar-refractivity contribution is -0.139. The van der Waals surface area contributed by atoms with E-state index < -0.39 is 5.97 Å². The lowest BCUT2D eigenvalue weighted by atomic mass is 9.84. The monoisotopic (exact) mass is 395 g/mol. The Morgan fingerprint density at radius 2 is 1.55 bits per heavy atom. The van der Waals surface area contributed by atoms with Crippen LogP contribution in [0.3, 0.4) is 0 Å². The molecule has 29 heavy (non-hydrogen) atoms. The van der Waals surface area contributed by atoms with Gasteiger partial charge in [-0.3, -0.25) is 4.79 Å². The van der Waals surface area contributed by atoms with E-state index in [1.165, 1.54) is 0 Å². The van der Waals surface area contributed by atoms with Crippen molar-refractivity contribution >= 4 is 11.9 Å². The van der Waals surface area contributed by atoms with Crippen molar-refractivity contribution in [3.05, 3.63) is 59.7 Å². The number of hydrogen-bond acceptors (Lipinski definition) is 4. The van der Waals surface area contributed by atoms with Crippen molar-refractivity contribution in [2.24, 2.45) is 0 Å². The predicted octanol–water partition coefficient (Wildman–Crippen LogP) is 3.51. The standard InChI is InChI=1S/C23H25NO5/c25-21(24-16-9-12-29-23(15-16)10-13-28-14-11-23)19-7-3-1-5-17(19)18-6-2-4-8-20(18)22(26)27/h1-8,16H,9-15H2,(H,24,25)(H,26,27). The Morgan fingerprint density at radius 3 is 2.24 bits per heavy atom. The molecular weight excluding hydrogens is 370 g/mol. The molecular formula is C23H25NO5. The van der Waals surface area contributed by atoms with Gasteiger partial charge < -0.3 is 19.9 Å². The second kappa shape index (κ2) is 8.35. The van der Waals surface area contributed by atoms with Crippen LogP contribution < -0.4 is 5.32 Å². The Balaban J connectivity index is 1.57. The number of ether oxygens (including phenoxy) is 2. The van der Waals surface area contributed by atoms with Gasteiger partial charge in [-0.05, 0) is 48.9 Å². The first-order chi connectivity index (χ1) is 14.1. The number of amides is 1. The highest BCUT2D eigenvalue weighted by molar-refractivity contribution is 6.04. The van der Waals surface area contributed by atoms with Gasteiger partial charge in [0, 0.05) is 31.4 Å². The van der Waals surface area contributed by atoms with E-state index in [-0.39, 0.29) is 23.1 Å². The van der Waals surface area contributed by atoms with Crippen LogP contribution in [0.2, 0.25) is 0 Å². The van der Waals surface area contributed by atoms with Gasteiger partial charge in [-0.15, -0.1) is 0 Å². The normalized spacial score (nSPS) is 20.9. The average molecular weight is 395 g/mol. The van der Waals surface area contributed by atoms with E-state index in [1.807, 2.05) is 6.07 Å². The zero-order chi connectivity index (χ0) is 20.3. The Labute approximate surface area is 169 Å². The Bertz CT molecular complexity index is 898. The lowest BCUT2D eigenvalue weighted by Gasteiger charge is -2.43. The Hall–Kier alpha value is -2.70. The molecule has 2 aromatic carbocycles. The molecule has 0 aliphatic carbocycles. The van der Waals surface area contributed by atoms with E-state index >= 15 is 0 Å². The molecule has 1 unspecified atom stereocenters. The number of hydrogen-bond donors (Lipinski definition) is 2. The van der Waals surface area contributed by atoms with Crippen LogP contribution in [0.1, 0.15) is 46.4 Å². The van der Waals surface area contributed by atoms with Crippen LogP contribution in [0.15, 0.2) is 48.5 Å². The molecule has 2 aliphatic rings. The summed E-state index contributed by atoms with van der Waals surface area (Å²) < 4.78 is 11.5. The highest BCUT2D eigenvalue weighted by atomic mass is 16.5. The summed E-state index contributed by atoms with van der Waals surface area (Å²) in [5.41, 5.74) is 1.62. The van der Waals surface area contributed by atoms with Gasteiger partial charge >= 0.3 is 5.97 Å². The van der Waals surface area contributed by atoms with Crippen molar-refractivity contribution < 1.29 is 24.2 Å². The number of nitrogens with one attached hydrogen (secondary N) is 1. The summed E-state index contributed by atoms with van der Waals surface area (Å²) in [6, 6.07) is 13.9. The van der Waals surface area contributed by atoms with Gasteiger partial charge in [-0.1, -0.05) is 36.4 Å². The van der Waals surface area contributed by atoms with Gasteiger partial charge in [0.2, 0.25) is 0 Å². The van der Waals surface area contributed by atoms with Crippen LogP contribution in [0.25, 0.3) is 11.1 Å². The molecule has 152 valence electrons. The number of carbonyl (C=O) groups is 2. The summed E-state index contributed by atoms with van der Waals surface area (Å²) in [6.07, 6.45) is 3.24. The Morgan fingerprint density at radius 1 is 0.931 bits per heavy atom. The fourth-order valence-corrected chi connectivity index (χ4v) is 4.33. The van der Waals surface area contributed by atoms with Gasteiger partial charge in [-0.2, -0.15) is 0 Å². The third kappa shape index (κ3) is 4.18. The zero-order valence-electron chi connectivity index (χ0n) is 16.2. The quantitative estimate of drug-likeness (QED) is 0.828. The molecule has 0 bridgehead atoms. The smallest absolute Gasteiger partial charge is 0.336 e. The molecule has 2 aliphatic heterocycles. The first kappa shape index (κ1) is 19.6. The van der Waals surface area contributed by atoms with Gasteiger partial charge in [0.05, 0.1) is 11.2 Å². The van der Waals surface area contributed by atoms with Crippen LogP contribution in [-0.4, -0.2) is 48.4 Å². The molecule has 6 heteroatoms. The fourth-order valence-electron chi connectivity index (χ4n) is 4.33. The fraction of sp³-hybridized carbons (Fsp3) is 0.391. The second-order valence-corrected chi connectivity index (χ2v) is 7.70. The zero-order valence-corrected chi connectivity index (χ0v) is 16.2. The number of rotatable bonds is 4. The van der Waals surface area contributed by atoms with Crippen molar-refractivity contribution in [3.8, 4) is 11.1 Å². The van der Waals surface area contributed by atoms with Gasteiger partial charge in [0.25, 0.3) is 5.91 Å². The molecule has 2 N–H and O–H groups in total. The van der Waals surface area contributed by atoms with E-state index in [0.717, 1.165) is 25.7 Å². The second-order valence-electron chi connectivity index (χ2n) is 7.70. The highest BCUT2D eigenvalue weighted by Gasteiger charge is 2.39. The van der Waals surface area contributed by atoms with Crippen molar-refractivity contribution in [3.63, 3.8) is 0 Å². The topological polar surface area (TPSA) is 84.9 Å². The van der Waals surface area contributed by atoms with E-state index in [0.29, 0.717) is 36.5 Å². The number of carbonyl (C=O) groups excluding carboxylic acids is 1. The summed E-state index contributed by atoms with van der Waals surface area (Å²) in [6.45, 7) is 2.00. The highest BCUT2D eigenvalue weighted by Crippen LogP contribution is 2.34. The molecule has 2 aromatic rings. The SMILES string of the molecule is O=C(O)c1ccccc1-c1ccccc1C(=O)NC1CCOC2(CCOCC2)C1. The first-order valence-corrected chi connectivity index (χ1v) is 10.0. The predicted molar refractivity (Wildman–Crippen MR) is 108 cm³/mol. The summed E-state index contributed by atoms with van der Waals surface area (Å²) >= 11 is 0. The molecule has 1 spiro atoms. The number of carboxylic acids is 1. The van der Waals surface area contributed by atoms with Crippen molar-refractivity contribution in [1.29, 1.82) is 0 Å². The third-order valence-electron chi connectivity index (χ3n) is 5.85. The van der Waals surface area contributed by atoms with E-state index in [4.69, 9.17) is 9.47 Å². The molecule has 6 nitrogen and oxygen atoms in total. The molecule has 2 fully saturated rings. The van der Waals surface area contributed by atoms with Crippen LogP contribution in [0.4, 0.5) is 0 Å². The van der Waals surface area contributed by atoms with Gasteiger partial charge in [0.15, 0.2) is 0 Å². The summed E-state index contributed by atoms with van der Waals surface area (Å²) in [4.78, 5) is 24.8. The number of carboxylic acid groups (broad SMARTS) is 1. The van der Waals surface area contributed by atoms with Crippen LogP contribution in [0, 0.1) is 0 Å². The van der Waals surface area contributed by atoms with Crippen LogP contribution >= 0.6 is 0 Å². The van der Waals surface area contributed by atoms with E-state index in [9.17, 15) is 14.7 Å². The molecule has 0 radical (unpaired) electrons. The number of aromatic carboxylic acids is 1. The summed E-state index contributed by atoms with van der Waals surface area (Å²) in [5, 5.41) is 12.7. The molecule has 4 rings (SSSR count). The Kier molecular flexibility index (Phi) is 5.65. The average Bonchev–Trinajstić information content (AvgIpc) is 2.74. The van der Waals surface area contributed by atoms with Crippen molar-refractivity contribution in [1.82, 2.24) is 5.32 Å². The van der Waals surface area contributed by atoms with Gasteiger partial charge in [-0.25, -0.2) is 4.79 Å². The maximum absolute atomic E-state index is 13.1. The van der Waals surface area contributed by atoms with Crippen LogP contribution in [-0.2, 0) is 9.47 Å². The minimum absolute atomic E-state index is 0.0251. The van der Waals surface area contributed by atoms with Crippen LogP contribution in [0.5, 0.6) is 0 Å². The molecule has 2 heterocycles. The summed E-state index contributed by atoms with van der Waals surface area (Å²) in [5.74, 6) is -1.20. The minimum atomic E-state index is -1.01. The maximum Gasteiger partial charge on any atom is 0.336 e. The largest absolute Gasteiger partial charge is 0.478 e. The minimum Gasteiger partial charge on any atom is -0.478 e. The maximum atomic E-state index is 13.1. The molecule has 0 saturated carbocycles. The summed E-state index contributed by atoms with van der Waals surface area (Å²) in [7, 11) is 0. The third-order valence-corrected chi connectivity index (χ3v) is 5.85. The lowest BCUT2D eigenvalue weighted by Crippen LogP contribution is -2.51. The molecule has 1 amide bonds. The first-order valence-electron chi connectivity index (χ1n) is 10.0. The van der Waals surface area contributed by atoms with E-state index in [2.05, 4.69) is 5.32 Å². The van der Waals surface area contributed by atoms with E-state index in [1.54, 1.807) is 42.5 Å². The van der Waals surface area contributed by atoms with Crippen molar-refractivity contribution in [2.45, 2.75) is 37.3 Å². The molecule has 1 atom stereocenters. The molecule has 0 aromatic heterocycles. The number of benzene rings is 2. The molecule has 2 saturated heterocycles.